The number of nitrogens with two attached hydrogens (primary N) is 1. The van der Waals surface area contributed by atoms with Gasteiger partial charge in [-0.1, -0.05) is 18.2 Å². The fourth-order valence-electron chi connectivity index (χ4n) is 1.98. The third kappa shape index (κ3) is 1.88. The number of para-hydroxylation sites is 1. The second kappa shape index (κ2) is 4.53. The summed E-state index contributed by atoms with van der Waals surface area (Å²) in [6, 6.07) is 7.73. The van der Waals surface area contributed by atoms with Crippen LogP contribution in [0.3, 0.4) is 0 Å². The fourth-order valence-corrected chi connectivity index (χ4v) is 1.98. The normalized spacial score (nSPS) is 19.1. The Morgan fingerprint density at radius 3 is 3.06 bits per heavy atom. The molecule has 2 rings (SSSR count). The number of benzene rings is 1. The van der Waals surface area contributed by atoms with Crippen molar-refractivity contribution in [2.75, 3.05) is 18.1 Å². The lowest BCUT2D eigenvalue weighted by atomic mass is 9.98. The quantitative estimate of drug-likeness (QED) is 0.788. The van der Waals surface area contributed by atoms with Gasteiger partial charge in [-0.15, -0.1) is 0 Å². The Morgan fingerprint density at radius 2 is 2.31 bits per heavy atom. The minimum atomic E-state index is -0.290. The maximum atomic E-state index is 11.7. The number of anilines is 1. The lowest BCUT2D eigenvalue weighted by Gasteiger charge is -2.31. The summed E-state index contributed by atoms with van der Waals surface area (Å²) < 4.78 is 5.02. The van der Waals surface area contributed by atoms with Gasteiger partial charge in [0.1, 0.15) is 0 Å². The van der Waals surface area contributed by atoms with Crippen molar-refractivity contribution in [2.45, 2.75) is 19.4 Å². The van der Waals surface area contributed by atoms with Gasteiger partial charge in [-0.25, -0.2) is 4.79 Å². The molecule has 1 aliphatic rings. The lowest BCUT2D eigenvalue weighted by molar-refractivity contribution is 0.159. The van der Waals surface area contributed by atoms with Gasteiger partial charge in [-0.05, 0) is 25.0 Å². The number of carbonyl (C=O) groups is 1. The Kier molecular flexibility index (Phi) is 3.10. The molecule has 0 radical (unpaired) electrons. The van der Waals surface area contributed by atoms with Crippen LogP contribution in [0.25, 0.3) is 0 Å². The molecule has 1 amide bonds. The zero-order valence-electron chi connectivity index (χ0n) is 9.35. The highest BCUT2D eigenvalue weighted by molar-refractivity contribution is 5.89. The van der Waals surface area contributed by atoms with Gasteiger partial charge < -0.3 is 10.5 Å². The van der Waals surface area contributed by atoms with Crippen molar-refractivity contribution in [1.82, 2.24) is 0 Å². The average molecular weight is 220 g/mol. The Hall–Kier alpha value is -1.55. The molecule has 16 heavy (non-hydrogen) atoms. The van der Waals surface area contributed by atoms with Crippen LogP contribution in [0.5, 0.6) is 0 Å². The first kappa shape index (κ1) is 11.0. The summed E-state index contributed by atoms with van der Waals surface area (Å²) in [5.74, 6) is 0. The molecule has 4 heteroatoms. The summed E-state index contributed by atoms with van der Waals surface area (Å²) in [5, 5.41) is 0. The van der Waals surface area contributed by atoms with Crippen molar-refractivity contribution in [2.24, 2.45) is 5.73 Å². The zero-order chi connectivity index (χ0) is 11.5. The molecular formula is C12H16N2O2. The molecule has 0 spiro atoms. The summed E-state index contributed by atoms with van der Waals surface area (Å²) in [5.41, 5.74) is 7.89. The number of fused-ring (bicyclic) bond motifs is 1. The van der Waals surface area contributed by atoms with Crippen molar-refractivity contribution in [3.8, 4) is 0 Å². The van der Waals surface area contributed by atoms with Crippen molar-refractivity contribution in [3.63, 3.8) is 0 Å². The minimum Gasteiger partial charge on any atom is -0.449 e. The molecule has 1 atom stereocenters. The van der Waals surface area contributed by atoms with E-state index in [0.717, 1.165) is 17.7 Å². The third-order valence-electron chi connectivity index (χ3n) is 2.78. The van der Waals surface area contributed by atoms with E-state index in [1.165, 1.54) is 0 Å². The zero-order valence-corrected chi connectivity index (χ0v) is 9.35. The predicted molar refractivity (Wildman–Crippen MR) is 62.4 cm³/mol. The summed E-state index contributed by atoms with van der Waals surface area (Å²) in [6.45, 7) is 2.82. The minimum absolute atomic E-state index is 0.0156. The van der Waals surface area contributed by atoms with Crippen LogP contribution in [-0.4, -0.2) is 19.2 Å². The van der Waals surface area contributed by atoms with Crippen LogP contribution in [0, 0.1) is 0 Å². The van der Waals surface area contributed by atoms with E-state index < -0.39 is 0 Å². The van der Waals surface area contributed by atoms with Gasteiger partial charge in [-0.3, -0.25) is 4.90 Å². The first-order chi connectivity index (χ1) is 7.74. The van der Waals surface area contributed by atoms with Crippen molar-refractivity contribution < 1.29 is 9.53 Å². The van der Waals surface area contributed by atoms with Crippen LogP contribution in [0.2, 0.25) is 0 Å². The number of amides is 1. The highest BCUT2D eigenvalue weighted by Gasteiger charge is 2.26. The molecule has 0 bridgehead atoms. The first-order valence-corrected chi connectivity index (χ1v) is 5.53. The van der Waals surface area contributed by atoms with Gasteiger partial charge in [0, 0.05) is 12.6 Å². The Balaban J connectivity index is 2.31. The van der Waals surface area contributed by atoms with E-state index in [9.17, 15) is 4.79 Å². The number of ether oxygens (including phenoxy) is 1. The molecule has 0 saturated heterocycles. The predicted octanol–water partition coefficient (Wildman–Crippen LogP) is 2.05. The Morgan fingerprint density at radius 1 is 1.56 bits per heavy atom. The molecule has 86 valence electrons. The molecule has 0 saturated carbocycles. The van der Waals surface area contributed by atoms with Crippen LogP contribution in [0.15, 0.2) is 24.3 Å². The number of hydrogen-bond donors (Lipinski definition) is 1. The van der Waals surface area contributed by atoms with Crippen LogP contribution in [0.4, 0.5) is 10.5 Å². The standard InChI is InChI=1S/C12H16N2O2/c1-2-16-12(15)14-8-7-10(13)9-5-3-4-6-11(9)14/h3-6,10H,2,7-8,13H2,1H3. The van der Waals surface area contributed by atoms with Crippen molar-refractivity contribution >= 4 is 11.8 Å². The van der Waals surface area contributed by atoms with Gasteiger partial charge in [0.05, 0.1) is 12.3 Å². The smallest absolute Gasteiger partial charge is 0.414 e. The van der Waals surface area contributed by atoms with E-state index >= 15 is 0 Å². The SMILES string of the molecule is CCOC(=O)N1CCC(N)c2ccccc21. The summed E-state index contributed by atoms with van der Waals surface area (Å²) in [4.78, 5) is 13.4. The molecular weight excluding hydrogens is 204 g/mol. The molecule has 0 fully saturated rings. The molecule has 1 aromatic rings. The summed E-state index contributed by atoms with van der Waals surface area (Å²) in [7, 11) is 0. The number of nitrogens with zero attached hydrogens (tertiary/aromatic N) is 1. The van der Waals surface area contributed by atoms with Crippen molar-refractivity contribution in [1.29, 1.82) is 0 Å². The monoisotopic (exact) mass is 220 g/mol. The molecule has 1 aliphatic heterocycles. The second-order valence-corrected chi connectivity index (χ2v) is 3.80. The van der Waals surface area contributed by atoms with E-state index in [-0.39, 0.29) is 12.1 Å². The fraction of sp³-hybridized carbons (Fsp3) is 0.417. The molecule has 2 N–H and O–H groups in total. The average Bonchev–Trinajstić information content (AvgIpc) is 2.30. The van der Waals surface area contributed by atoms with E-state index in [1.54, 1.807) is 11.8 Å². The molecule has 1 heterocycles. The molecule has 1 aromatic carbocycles. The third-order valence-corrected chi connectivity index (χ3v) is 2.78. The topological polar surface area (TPSA) is 55.6 Å². The number of rotatable bonds is 1. The lowest BCUT2D eigenvalue weighted by Crippen LogP contribution is -2.38. The molecule has 4 nitrogen and oxygen atoms in total. The van der Waals surface area contributed by atoms with E-state index in [1.807, 2.05) is 24.3 Å². The molecule has 0 aliphatic carbocycles. The molecule has 1 unspecified atom stereocenters. The maximum Gasteiger partial charge on any atom is 0.414 e. The van der Waals surface area contributed by atoms with Crippen LogP contribution < -0.4 is 10.6 Å². The Labute approximate surface area is 95.0 Å². The largest absolute Gasteiger partial charge is 0.449 e. The van der Waals surface area contributed by atoms with E-state index in [2.05, 4.69) is 0 Å². The van der Waals surface area contributed by atoms with E-state index in [0.29, 0.717) is 13.2 Å². The van der Waals surface area contributed by atoms with Gasteiger partial charge in [0.15, 0.2) is 0 Å². The highest BCUT2D eigenvalue weighted by atomic mass is 16.6. The van der Waals surface area contributed by atoms with Gasteiger partial charge >= 0.3 is 6.09 Å². The maximum absolute atomic E-state index is 11.7. The van der Waals surface area contributed by atoms with E-state index in [4.69, 9.17) is 10.5 Å². The van der Waals surface area contributed by atoms with Crippen LogP contribution in [-0.2, 0) is 4.74 Å². The number of carbonyl (C=O) groups excluding carboxylic acids is 1. The van der Waals surface area contributed by atoms with Gasteiger partial charge in [0.25, 0.3) is 0 Å². The highest BCUT2D eigenvalue weighted by Crippen LogP contribution is 2.32. The van der Waals surface area contributed by atoms with Crippen LogP contribution >= 0.6 is 0 Å². The van der Waals surface area contributed by atoms with Crippen LogP contribution in [0.1, 0.15) is 24.9 Å². The summed E-state index contributed by atoms with van der Waals surface area (Å²) >= 11 is 0. The summed E-state index contributed by atoms with van der Waals surface area (Å²) in [6.07, 6.45) is 0.484. The Bertz CT molecular complexity index is 392. The van der Waals surface area contributed by atoms with Crippen molar-refractivity contribution in [3.05, 3.63) is 29.8 Å². The van der Waals surface area contributed by atoms with Gasteiger partial charge in [0.2, 0.25) is 0 Å². The van der Waals surface area contributed by atoms with Gasteiger partial charge in [-0.2, -0.15) is 0 Å². The first-order valence-electron chi connectivity index (χ1n) is 5.53. The number of hydrogen-bond acceptors (Lipinski definition) is 3. The molecule has 0 aromatic heterocycles. The second-order valence-electron chi connectivity index (χ2n) is 3.80.